The molecule has 24 heavy (non-hydrogen) atoms. The molecule has 0 unspecified atom stereocenters. The number of hydrogen-bond acceptors (Lipinski definition) is 5. The second-order valence-corrected chi connectivity index (χ2v) is 6.26. The maximum absolute atomic E-state index is 13.0. The van der Waals surface area contributed by atoms with E-state index in [1.54, 1.807) is 29.8 Å². The summed E-state index contributed by atoms with van der Waals surface area (Å²) in [4.78, 5) is 10.9. The number of rotatable bonds is 4. The highest BCUT2D eigenvalue weighted by Crippen LogP contribution is 2.35. The van der Waals surface area contributed by atoms with Crippen molar-refractivity contribution in [1.82, 2.24) is 14.8 Å². The van der Waals surface area contributed by atoms with E-state index in [1.807, 2.05) is 0 Å². The first-order valence-corrected chi connectivity index (χ1v) is 7.92. The monoisotopic (exact) mass is 364 g/mol. The van der Waals surface area contributed by atoms with Crippen molar-refractivity contribution in [2.24, 2.45) is 7.05 Å². The third-order valence-corrected chi connectivity index (χ3v) is 4.80. The molecule has 0 amide bonds. The van der Waals surface area contributed by atoms with Gasteiger partial charge in [-0.3, -0.25) is 10.1 Å². The molecule has 6 nitrogen and oxygen atoms in total. The van der Waals surface area contributed by atoms with Crippen LogP contribution in [0.25, 0.3) is 11.4 Å². The first-order chi connectivity index (χ1) is 11.5. The highest BCUT2D eigenvalue weighted by molar-refractivity contribution is 7.99. The Morgan fingerprint density at radius 3 is 2.54 bits per heavy atom. The SMILES string of the molecule is Cn1c(Sc2ccc([N+](=O)[O-])cc2Cl)nnc1-c1ccc(F)cc1. The number of hydrogen-bond donors (Lipinski definition) is 0. The van der Waals surface area contributed by atoms with E-state index in [0.29, 0.717) is 15.9 Å². The summed E-state index contributed by atoms with van der Waals surface area (Å²) in [6.45, 7) is 0. The summed E-state index contributed by atoms with van der Waals surface area (Å²) in [5.74, 6) is 0.253. The minimum absolute atomic E-state index is 0.0747. The zero-order chi connectivity index (χ0) is 17.3. The quantitative estimate of drug-likeness (QED) is 0.508. The van der Waals surface area contributed by atoms with Gasteiger partial charge in [-0.25, -0.2) is 4.39 Å². The van der Waals surface area contributed by atoms with Gasteiger partial charge in [0.2, 0.25) is 0 Å². The molecule has 0 aliphatic rings. The highest BCUT2D eigenvalue weighted by atomic mass is 35.5. The number of nitro groups is 1. The molecule has 0 saturated carbocycles. The number of halogens is 2. The summed E-state index contributed by atoms with van der Waals surface area (Å²) in [6, 6.07) is 10.2. The summed E-state index contributed by atoms with van der Waals surface area (Å²) < 4.78 is 14.8. The van der Waals surface area contributed by atoms with Crippen molar-refractivity contribution >= 4 is 29.1 Å². The topological polar surface area (TPSA) is 73.8 Å². The predicted molar refractivity (Wildman–Crippen MR) is 88.6 cm³/mol. The van der Waals surface area contributed by atoms with Crippen molar-refractivity contribution in [2.75, 3.05) is 0 Å². The zero-order valence-corrected chi connectivity index (χ0v) is 13.9. The molecule has 0 N–H and O–H groups in total. The van der Waals surface area contributed by atoms with Gasteiger partial charge in [0.1, 0.15) is 5.82 Å². The van der Waals surface area contributed by atoms with Crippen molar-refractivity contribution in [3.05, 3.63) is 63.4 Å². The molecule has 9 heteroatoms. The normalized spacial score (nSPS) is 10.8. The molecule has 0 aliphatic heterocycles. The van der Waals surface area contributed by atoms with Crippen LogP contribution in [0.5, 0.6) is 0 Å². The lowest BCUT2D eigenvalue weighted by atomic mass is 10.2. The van der Waals surface area contributed by atoms with Crippen LogP contribution < -0.4 is 0 Å². The summed E-state index contributed by atoms with van der Waals surface area (Å²) >= 11 is 7.33. The van der Waals surface area contributed by atoms with Crippen LogP contribution in [0, 0.1) is 15.9 Å². The van der Waals surface area contributed by atoms with E-state index >= 15 is 0 Å². The van der Waals surface area contributed by atoms with Gasteiger partial charge >= 0.3 is 0 Å². The van der Waals surface area contributed by atoms with Crippen LogP contribution in [0.4, 0.5) is 10.1 Å². The molecule has 0 fully saturated rings. The molecule has 122 valence electrons. The minimum Gasteiger partial charge on any atom is -0.305 e. The van der Waals surface area contributed by atoms with E-state index < -0.39 is 4.92 Å². The van der Waals surface area contributed by atoms with Gasteiger partial charge in [0.25, 0.3) is 5.69 Å². The molecule has 0 saturated heterocycles. The van der Waals surface area contributed by atoms with Crippen LogP contribution >= 0.6 is 23.4 Å². The van der Waals surface area contributed by atoms with E-state index in [0.717, 1.165) is 5.56 Å². The molecular weight excluding hydrogens is 355 g/mol. The van der Waals surface area contributed by atoms with Crippen molar-refractivity contribution in [1.29, 1.82) is 0 Å². The maximum Gasteiger partial charge on any atom is 0.270 e. The molecule has 3 aromatic rings. The van der Waals surface area contributed by atoms with Gasteiger partial charge < -0.3 is 4.57 Å². The lowest BCUT2D eigenvalue weighted by Gasteiger charge is -2.05. The molecule has 0 spiro atoms. The van der Waals surface area contributed by atoms with Gasteiger partial charge in [-0.2, -0.15) is 0 Å². The summed E-state index contributed by atoms with van der Waals surface area (Å²) in [7, 11) is 1.78. The smallest absolute Gasteiger partial charge is 0.270 e. The van der Waals surface area contributed by atoms with E-state index in [2.05, 4.69) is 10.2 Å². The number of benzene rings is 2. The fourth-order valence-corrected chi connectivity index (χ4v) is 3.12. The lowest BCUT2D eigenvalue weighted by Crippen LogP contribution is -1.95. The van der Waals surface area contributed by atoms with Gasteiger partial charge in [0.15, 0.2) is 11.0 Å². The Morgan fingerprint density at radius 2 is 1.92 bits per heavy atom. The molecule has 0 aliphatic carbocycles. The van der Waals surface area contributed by atoms with Crippen LogP contribution in [0.1, 0.15) is 0 Å². The van der Waals surface area contributed by atoms with Gasteiger partial charge in [0.05, 0.1) is 9.95 Å². The molecule has 1 heterocycles. The number of non-ortho nitro benzene ring substituents is 1. The average Bonchev–Trinajstić information content (AvgIpc) is 2.91. The van der Waals surface area contributed by atoms with Crippen molar-refractivity contribution in [3.63, 3.8) is 0 Å². The molecule has 0 radical (unpaired) electrons. The minimum atomic E-state index is -0.505. The number of nitrogens with zero attached hydrogens (tertiary/aromatic N) is 4. The Hall–Kier alpha value is -2.45. The van der Waals surface area contributed by atoms with Crippen molar-refractivity contribution < 1.29 is 9.31 Å². The Kier molecular flexibility index (Phi) is 4.50. The third-order valence-electron chi connectivity index (χ3n) is 3.26. The lowest BCUT2D eigenvalue weighted by molar-refractivity contribution is -0.384. The number of nitro benzene ring substituents is 1. The Morgan fingerprint density at radius 1 is 1.21 bits per heavy atom. The highest BCUT2D eigenvalue weighted by Gasteiger charge is 2.15. The van der Waals surface area contributed by atoms with Gasteiger partial charge in [-0.05, 0) is 42.1 Å². The fourth-order valence-electron chi connectivity index (χ4n) is 2.04. The first kappa shape index (κ1) is 16.4. The molecule has 3 rings (SSSR count). The van der Waals surface area contributed by atoms with E-state index in [4.69, 9.17) is 11.6 Å². The second-order valence-electron chi connectivity index (χ2n) is 4.85. The zero-order valence-electron chi connectivity index (χ0n) is 12.3. The van der Waals surface area contributed by atoms with Gasteiger partial charge in [-0.15, -0.1) is 10.2 Å². The van der Waals surface area contributed by atoms with E-state index in [-0.39, 0.29) is 16.5 Å². The van der Waals surface area contributed by atoms with Crippen molar-refractivity contribution in [3.8, 4) is 11.4 Å². The average molecular weight is 365 g/mol. The van der Waals surface area contributed by atoms with E-state index in [1.165, 1.54) is 36.0 Å². The van der Waals surface area contributed by atoms with Crippen molar-refractivity contribution in [2.45, 2.75) is 10.1 Å². The maximum atomic E-state index is 13.0. The van der Waals surface area contributed by atoms with Crippen LogP contribution in [0.2, 0.25) is 5.02 Å². The van der Waals surface area contributed by atoms with Crippen LogP contribution in [0.3, 0.4) is 0 Å². The van der Waals surface area contributed by atoms with Crippen LogP contribution in [-0.2, 0) is 7.05 Å². The standard InChI is InChI=1S/C15H10ClFN4O2S/c1-20-14(9-2-4-10(17)5-3-9)18-19-15(20)24-13-7-6-11(21(22)23)8-12(13)16/h2-8H,1H3. The number of aromatic nitrogens is 3. The van der Waals surface area contributed by atoms with E-state index in [9.17, 15) is 14.5 Å². The molecular formula is C15H10ClFN4O2S. The van der Waals surface area contributed by atoms with Gasteiger partial charge in [0, 0.05) is 29.6 Å². The fraction of sp³-hybridized carbons (Fsp3) is 0.0667. The first-order valence-electron chi connectivity index (χ1n) is 6.73. The summed E-state index contributed by atoms with van der Waals surface area (Å²) in [5.41, 5.74) is 0.655. The second kappa shape index (κ2) is 6.58. The molecule has 2 aromatic carbocycles. The third kappa shape index (κ3) is 3.24. The van der Waals surface area contributed by atoms with Crippen LogP contribution in [-0.4, -0.2) is 19.7 Å². The largest absolute Gasteiger partial charge is 0.305 e. The predicted octanol–water partition coefficient (Wildman–Crippen LogP) is 4.33. The molecule has 0 bridgehead atoms. The Bertz CT molecular complexity index is 914. The Balaban J connectivity index is 1.89. The summed E-state index contributed by atoms with van der Waals surface area (Å²) in [5, 5.41) is 19.8. The van der Waals surface area contributed by atoms with Crippen LogP contribution in [0.15, 0.2) is 52.5 Å². The molecule has 1 aromatic heterocycles. The van der Waals surface area contributed by atoms with Gasteiger partial charge in [-0.1, -0.05) is 11.6 Å². The molecule has 0 atom stereocenters. The Labute approximate surface area is 145 Å². The summed E-state index contributed by atoms with van der Waals surface area (Å²) in [6.07, 6.45) is 0.